The summed E-state index contributed by atoms with van der Waals surface area (Å²) in [5.41, 5.74) is 1.17. The topological polar surface area (TPSA) is 135 Å². The molecule has 4 rings (SSSR count). The van der Waals surface area contributed by atoms with Crippen LogP contribution in [0.3, 0.4) is 0 Å². The molecule has 1 aliphatic rings. The first kappa shape index (κ1) is 19.7. The van der Waals surface area contributed by atoms with E-state index in [0.29, 0.717) is 28.5 Å². The Morgan fingerprint density at radius 2 is 2.10 bits per heavy atom. The molecule has 0 radical (unpaired) electrons. The molecule has 2 atom stereocenters. The summed E-state index contributed by atoms with van der Waals surface area (Å²) < 4.78 is 12.1. The molecule has 2 amide bonds. The number of nitrogens with zero attached hydrogens (tertiary/aromatic N) is 3. The van der Waals surface area contributed by atoms with Crippen LogP contribution in [0.2, 0.25) is 0 Å². The van der Waals surface area contributed by atoms with Gasteiger partial charge in [0.1, 0.15) is 17.2 Å². The molecule has 11 nitrogen and oxygen atoms in total. The highest BCUT2D eigenvalue weighted by atomic mass is 16.5. The summed E-state index contributed by atoms with van der Waals surface area (Å²) >= 11 is 0. The Balaban J connectivity index is 1.66. The lowest BCUT2D eigenvalue weighted by molar-refractivity contribution is 0.00732. The average molecular weight is 413 g/mol. The Hall–Kier alpha value is -3.60. The second-order valence-corrected chi connectivity index (χ2v) is 6.87. The van der Waals surface area contributed by atoms with Crippen LogP contribution in [0, 0.1) is 0 Å². The summed E-state index contributed by atoms with van der Waals surface area (Å²) in [5, 5.41) is 15.9. The molecule has 158 valence electrons. The van der Waals surface area contributed by atoms with Gasteiger partial charge in [-0.25, -0.2) is 4.98 Å². The molecule has 3 heterocycles. The molecule has 0 saturated heterocycles. The van der Waals surface area contributed by atoms with E-state index in [0.717, 1.165) is 12.8 Å². The minimum Gasteiger partial charge on any atom is -0.457 e. The number of carbonyl (C=O) groups excluding carboxylic acids is 2. The van der Waals surface area contributed by atoms with E-state index in [1.807, 2.05) is 0 Å². The van der Waals surface area contributed by atoms with Gasteiger partial charge in [-0.2, -0.15) is 9.61 Å². The molecule has 30 heavy (non-hydrogen) atoms. The molecule has 3 aromatic heterocycles. The fourth-order valence-electron chi connectivity index (χ4n) is 3.36. The molecule has 1 saturated carbocycles. The summed E-state index contributed by atoms with van der Waals surface area (Å²) in [5.74, 6) is 0.538. The highest BCUT2D eigenvalue weighted by Crippen LogP contribution is 2.26. The Morgan fingerprint density at radius 3 is 2.77 bits per heavy atom. The van der Waals surface area contributed by atoms with Crippen molar-refractivity contribution >= 4 is 34.8 Å². The van der Waals surface area contributed by atoms with Gasteiger partial charge in [0.05, 0.1) is 30.3 Å². The first-order chi connectivity index (χ1) is 14.5. The fraction of sp³-hybridized carbons (Fsp3) is 0.368. The zero-order chi connectivity index (χ0) is 21.3. The van der Waals surface area contributed by atoms with Crippen LogP contribution in [-0.2, 0) is 4.74 Å². The number of nitrogens with one attached hydrogen (secondary N) is 4. The monoisotopic (exact) mass is 413 g/mol. The summed E-state index contributed by atoms with van der Waals surface area (Å²) in [4.78, 5) is 29.3. The number of hydrogen-bond acceptors (Lipinski definition) is 8. The van der Waals surface area contributed by atoms with Crippen LogP contribution < -0.4 is 21.3 Å². The summed E-state index contributed by atoms with van der Waals surface area (Å²) in [7, 11) is 4.90. The molecular formula is C19H23N7O4. The van der Waals surface area contributed by atoms with Gasteiger partial charge in [0.2, 0.25) is 5.76 Å². The second kappa shape index (κ2) is 8.03. The Morgan fingerprint density at radius 1 is 1.27 bits per heavy atom. The van der Waals surface area contributed by atoms with Crippen molar-refractivity contribution in [2.45, 2.75) is 25.0 Å². The quantitative estimate of drug-likeness (QED) is 0.456. The molecule has 0 bridgehead atoms. The van der Waals surface area contributed by atoms with Gasteiger partial charge in [0.25, 0.3) is 11.8 Å². The number of furan rings is 1. The molecule has 11 heteroatoms. The van der Waals surface area contributed by atoms with Crippen molar-refractivity contribution in [1.29, 1.82) is 0 Å². The number of methoxy groups -OCH3 is 1. The third-order valence-electron chi connectivity index (χ3n) is 5.16. The lowest BCUT2D eigenvalue weighted by Crippen LogP contribution is -2.51. The van der Waals surface area contributed by atoms with Crippen molar-refractivity contribution in [2.75, 3.05) is 31.8 Å². The SMILES string of the molecule is CNC(=O)c1occc1Nc1cc(NC)n2ncc(C(=O)NC3CCC3OC)c2n1. The highest BCUT2D eigenvalue weighted by molar-refractivity contribution is 6.00. The lowest BCUT2D eigenvalue weighted by atomic mass is 9.89. The minimum absolute atomic E-state index is 0.0245. The van der Waals surface area contributed by atoms with Crippen molar-refractivity contribution in [3.05, 3.63) is 35.9 Å². The van der Waals surface area contributed by atoms with Gasteiger partial charge in [-0.05, 0) is 12.8 Å². The van der Waals surface area contributed by atoms with Crippen LogP contribution in [0.4, 0.5) is 17.3 Å². The van der Waals surface area contributed by atoms with E-state index < -0.39 is 0 Å². The van der Waals surface area contributed by atoms with Crippen molar-refractivity contribution in [1.82, 2.24) is 25.2 Å². The van der Waals surface area contributed by atoms with Crippen LogP contribution in [-0.4, -0.2) is 59.8 Å². The van der Waals surface area contributed by atoms with Crippen LogP contribution in [0.25, 0.3) is 5.65 Å². The number of anilines is 3. The van der Waals surface area contributed by atoms with Crippen molar-refractivity contribution in [3.63, 3.8) is 0 Å². The van der Waals surface area contributed by atoms with Crippen molar-refractivity contribution in [2.24, 2.45) is 0 Å². The van der Waals surface area contributed by atoms with Gasteiger partial charge >= 0.3 is 0 Å². The molecule has 0 aromatic carbocycles. The first-order valence-corrected chi connectivity index (χ1v) is 9.52. The number of rotatable bonds is 7. The van der Waals surface area contributed by atoms with E-state index in [4.69, 9.17) is 9.15 Å². The Labute approximate surface area is 172 Å². The van der Waals surface area contributed by atoms with Crippen molar-refractivity contribution < 1.29 is 18.7 Å². The summed E-state index contributed by atoms with van der Waals surface area (Å²) in [6.45, 7) is 0. The third kappa shape index (κ3) is 3.43. The van der Waals surface area contributed by atoms with E-state index in [9.17, 15) is 9.59 Å². The first-order valence-electron chi connectivity index (χ1n) is 9.52. The van der Waals surface area contributed by atoms with Crippen LogP contribution in [0.5, 0.6) is 0 Å². The number of amides is 2. The van der Waals surface area contributed by atoms with Crippen LogP contribution in [0.15, 0.2) is 29.0 Å². The maximum absolute atomic E-state index is 12.8. The van der Waals surface area contributed by atoms with Gasteiger partial charge < -0.3 is 30.4 Å². The molecular weight excluding hydrogens is 390 g/mol. The number of hydrogen-bond donors (Lipinski definition) is 4. The van der Waals surface area contributed by atoms with Gasteiger partial charge in [-0.3, -0.25) is 9.59 Å². The van der Waals surface area contributed by atoms with E-state index in [-0.39, 0.29) is 29.7 Å². The smallest absolute Gasteiger partial charge is 0.288 e. The number of ether oxygens (including phenoxy) is 1. The summed E-state index contributed by atoms with van der Waals surface area (Å²) in [6.07, 6.45) is 4.71. The average Bonchev–Trinajstić information content (AvgIpc) is 3.37. The van der Waals surface area contributed by atoms with Crippen LogP contribution >= 0.6 is 0 Å². The molecule has 1 fully saturated rings. The maximum Gasteiger partial charge on any atom is 0.288 e. The van der Waals surface area contributed by atoms with E-state index in [1.165, 1.54) is 19.5 Å². The summed E-state index contributed by atoms with van der Waals surface area (Å²) in [6, 6.07) is 3.32. The van der Waals surface area contributed by atoms with E-state index in [2.05, 4.69) is 31.3 Å². The number of aromatic nitrogens is 3. The number of fused-ring (bicyclic) bond motifs is 1. The predicted octanol–water partition coefficient (Wildman–Crippen LogP) is 1.37. The van der Waals surface area contributed by atoms with E-state index >= 15 is 0 Å². The zero-order valence-corrected chi connectivity index (χ0v) is 16.9. The Kier molecular flexibility index (Phi) is 5.27. The largest absolute Gasteiger partial charge is 0.457 e. The van der Waals surface area contributed by atoms with Gasteiger partial charge in [0.15, 0.2) is 5.65 Å². The van der Waals surface area contributed by atoms with Crippen LogP contribution in [0.1, 0.15) is 33.8 Å². The molecule has 1 aliphatic carbocycles. The Bertz CT molecular complexity index is 1090. The third-order valence-corrected chi connectivity index (χ3v) is 5.16. The maximum atomic E-state index is 12.8. The number of carbonyl (C=O) groups is 2. The molecule has 0 aliphatic heterocycles. The standard InChI is InChI=1S/C19H23N7O4/c1-20-15-8-14(23-12-6-7-30-16(12)19(28)21-2)25-17-10(9-22-26(15)17)18(27)24-11-4-5-13(11)29-3/h6-9,11,13,20H,4-5H2,1-3H3,(H,21,28)(H,23,25)(H,24,27). The fourth-order valence-corrected chi connectivity index (χ4v) is 3.36. The van der Waals surface area contributed by atoms with Gasteiger partial charge in [-0.1, -0.05) is 0 Å². The molecule has 4 N–H and O–H groups in total. The molecule has 2 unspecified atom stereocenters. The minimum atomic E-state index is -0.366. The predicted molar refractivity (Wildman–Crippen MR) is 109 cm³/mol. The molecule has 0 spiro atoms. The zero-order valence-electron chi connectivity index (χ0n) is 16.9. The lowest BCUT2D eigenvalue weighted by Gasteiger charge is -2.35. The highest BCUT2D eigenvalue weighted by Gasteiger charge is 2.33. The van der Waals surface area contributed by atoms with Gasteiger partial charge in [0, 0.05) is 33.3 Å². The second-order valence-electron chi connectivity index (χ2n) is 6.87. The van der Waals surface area contributed by atoms with Crippen molar-refractivity contribution in [3.8, 4) is 0 Å². The molecule has 3 aromatic rings. The van der Waals surface area contributed by atoms with E-state index in [1.54, 1.807) is 30.8 Å². The van der Waals surface area contributed by atoms with Gasteiger partial charge in [-0.15, -0.1) is 0 Å². The normalized spacial score (nSPS) is 18.0.